The molecule has 1 saturated carbocycles. The van der Waals surface area contributed by atoms with Gasteiger partial charge in [-0.2, -0.15) is 0 Å². The molecule has 0 radical (unpaired) electrons. The number of rotatable bonds is 8. The summed E-state index contributed by atoms with van der Waals surface area (Å²) in [6, 6.07) is 6.48. The third-order valence-corrected chi connectivity index (χ3v) is 3.99. The van der Waals surface area contributed by atoms with Crippen LogP contribution in [-0.2, 0) is 6.54 Å². The van der Waals surface area contributed by atoms with Crippen molar-refractivity contribution in [3.63, 3.8) is 0 Å². The zero-order chi connectivity index (χ0) is 14.5. The molecule has 1 aliphatic rings. The predicted octanol–water partition coefficient (Wildman–Crippen LogP) is 1.67. The summed E-state index contributed by atoms with van der Waals surface area (Å²) in [4.78, 5) is 13.6. The Balaban J connectivity index is 1.77. The molecule has 1 aromatic carbocycles. The normalized spacial score (nSPS) is 14.8. The first kappa shape index (κ1) is 15.0. The minimum Gasteiger partial charge on any atom is -0.366 e. The number of carbonyl (C=O) groups is 1. The van der Waals surface area contributed by atoms with Crippen LogP contribution in [0.1, 0.15) is 41.3 Å². The average molecular weight is 275 g/mol. The van der Waals surface area contributed by atoms with E-state index in [9.17, 15) is 4.79 Å². The summed E-state index contributed by atoms with van der Waals surface area (Å²) in [7, 11) is 0. The van der Waals surface area contributed by atoms with Crippen LogP contribution < -0.4 is 11.1 Å². The number of primary amides is 1. The van der Waals surface area contributed by atoms with Crippen molar-refractivity contribution >= 4 is 5.91 Å². The highest BCUT2D eigenvalue weighted by molar-refractivity contribution is 5.93. The van der Waals surface area contributed by atoms with Gasteiger partial charge in [0.2, 0.25) is 5.91 Å². The summed E-state index contributed by atoms with van der Waals surface area (Å²) < 4.78 is 0. The Morgan fingerprint density at radius 2 is 2.20 bits per heavy atom. The SMILES string of the molecule is CCN(CCNCc1ccc(C(N)=O)cc1C)C1CC1. The van der Waals surface area contributed by atoms with Gasteiger partial charge in [0, 0.05) is 31.2 Å². The van der Waals surface area contributed by atoms with Gasteiger partial charge < -0.3 is 11.1 Å². The van der Waals surface area contributed by atoms with Gasteiger partial charge in [0.1, 0.15) is 0 Å². The third kappa shape index (κ3) is 4.05. The van der Waals surface area contributed by atoms with E-state index < -0.39 is 0 Å². The number of amides is 1. The van der Waals surface area contributed by atoms with Crippen molar-refractivity contribution in [3.05, 3.63) is 34.9 Å². The average Bonchev–Trinajstić information content (AvgIpc) is 3.24. The molecule has 3 N–H and O–H groups in total. The Kier molecular flexibility index (Phi) is 5.15. The quantitative estimate of drug-likeness (QED) is 0.710. The van der Waals surface area contributed by atoms with E-state index in [1.807, 2.05) is 19.1 Å². The van der Waals surface area contributed by atoms with E-state index >= 15 is 0 Å². The van der Waals surface area contributed by atoms with E-state index in [-0.39, 0.29) is 5.91 Å². The molecular weight excluding hydrogens is 250 g/mol. The lowest BCUT2D eigenvalue weighted by Crippen LogP contribution is -2.33. The van der Waals surface area contributed by atoms with Crippen molar-refractivity contribution < 1.29 is 4.79 Å². The second kappa shape index (κ2) is 6.86. The molecule has 1 fully saturated rings. The largest absolute Gasteiger partial charge is 0.366 e. The Morgan fingerprint density at radius 3 is 2.75 bits per heavy atom. The lowest BCUT2D eigenvalue weighted by Gasteiger charge is -2.20. The van der Waals surface area contributed by atoms with E-state index in [2.05, 4.69) is 17.1 Å². The van der Waals surface area contributed by atoms with Crippen molar-refractivity contribution in [2.75, 3.05) is 19.6 Å². The lowest BCUT2D eigenvalue weighted by atomic mass is 10.0. The number of hydrogen-bond donors (Lipinski definition) is 2. The molecule has 1 amide bonds. The van der Waals surface area contributed by atoms with Gasteiger partial charge in [-0.05, 0) is 49.6 Å². The van der Waals surface area contributed by atoms with Gasteiger partial charge >= 0.3 is 0 Å². The molecule has 0 unspecified atom stereocenters. The molecule has 0 atom stereocenters. The van der Waals surface area contributed by atoms with E-state index in [1.54, 1.807) is 6.07 Å². The fourth-order valence-electron chi connectivity index (χ4n) is 2.53. The minimum atomic E-state index is -0.365. The summed E-state index contributed by atoms with van der Waals surface area (Å²) in [6.45, 7) is 8.34. The second-order valence-electron chi connectivity index (χ2n) is 5.54. The lowest BCUT2D eigenvalue weighted by molar-refractivity contribution is 0.1000. The molecule has 0 spiro atoms. The van der Waals surface area contributed by atoms with Gasteiger partial charge in [0.05, 0.1) is 0 Å². The summed E-state index contributed by atoms with van der Waals surface area (Å²) in [5.41, 5.74) is 8.20. The Bertz CT molecular complexity index is 469. The van der Waals surface area contributed by atoms with Crippen LogP contribution in [0.25, 0.3) is 0 Å². The molecule has 0 bridgehead atoms. The first-order valence-electron chi connectivity index (χ1n) is 7.46. The summed E-state index contributed by atoms with van der Waals surface area (Å²) >= 11 is 0. The maximum absolute atomic E-state index is 11.1. The first-order valence-corrected chi connectivity index (χ1v) is 7.46. The topological polar surface area (TPSA) is 58.4 Å². The van der Waals surface area contributed by atoms with Crippen LogP contribution in [0.5, 0.6) is 0 Å². The Hall–Kier alpha value is -1.39. The number of nitrogens with one attached hydrogen (secondary N) is 1. The van der Waals surface area contributed by atoms with E-state index in [0.717, 1.165) is 37.8 Å². The summed E-state index contributed by atoms with van der Waals surface area (Å²) in [5.74, 6) is -0.365. The number of carbonyl (C=O) groups excluding carboxylic acids is 1. The van der Waals surface area contributed by atoms with Crippen LogP contribution in [0.2, 0.25) is 0 Å². The zero-order valence-electron chi connectivity index (χ0n) is 12.5. The van der Waals surface area contributed by atoms with Gasteiger partial charge in [-0.1, -0.05) is 13.0 Å². The van der Waals surface area contributed by atoms with Gasteiger partial charge in [-0.25, -0.2) is 0 Å². The minimum absolute atomic E-state index is 0.365. The number of benzene rings is 1. The number of nitrogens with zero attached hydrogens (tertiary/aromatic N) is 1. The molecule has 0 saturated heterocycles. The van der Waals surface area contributed by atoms with Gasteiger partial charge in [-0.15, -0.1) is 0 Å². The second-order valence-corrected chi connectivity index (χ2v) is 5.54. The first-order chi connectivity index (χ1) is 9.61. The number of hydrogen-bond acceptors (Lipinski definition) is 3. The highest BCUT2D eigenvalue weighted by atomic mass is 16.1. The molecule has 1 aromatic rings. The summed E-state index contributed by atoms with van der Waals surface area (Å²) in [6.07, 6.45) is 2.73. The van der Waals surface area contributed by atoms with Crippen molar-refractivity contribution in [3.8, 4) is 0 Å². The third-order valence-electron chi connectivity index (χ3n) is 3.99. The van der Waals surface area contributed by atoms with E-state index in [4.69, 9.17) is 5.73 Å². The monoisotopic (exact) mass is 275 g/mol. The molecule has 110 valence electrons. The van der Waals surface area contributed by atoms with Crippen LogP contribution in [0.3, 0.4) is 0 Å². The highest BCUT2D eigenvalue weighted by Gasteiger charge is 2.26. The van der Waals surface area contributed by atoms with Crippen LogP contribution in [-0.4, -0.2) is 36.5 Å². The van der Waals surface area contributed by atoms with Crippen molar-refractivity contribution in [2.24, 2.45) is 5.73 Å². The van der Waals surface area contributed by atoms with Crippen LogP contribution >= 0.6 is 0 Å². The fraction of sp³-hybridized carbons (Fsp3) is 0.562. The Morgan fingerprint density at radius 1 is 1.45 bits per heavy atom. The van der Waals surface area contributed by atoms with Crippen molar-refractivity contribution in [1.29, 1.82) is 0 Å². The predicted molar refractivity (Wildman–Crippen MR) is 81.7 cm³/mol. The number of nitrogens with two attached hydrogens (primary N) is 1. The molecule has 0 aliphatic heterocycles. The van der Waals surface area contributed by atoms with E-state index in [1.165, 1.54) is 18.4 Å². The fourth-order valence-corrected chi connectivity index (χ4v) is 2.53. The van der Waals surface area contributed by atoms with Gasteiger partial charge in [0.15, 0.2) is 0 Å². The molecule has 4 nitrogen and oxygen atoms in total. The van der Waals surface area contributed by atoms with Gasteiger partial charge in [0.25, 0.3) is 0 Å². The van der Waals surface area contributed by atoms with E-state index in [0.29, 0.717) is 5.56 Å². The summed E-state index contributed by atoms with van der Waals surface area (Å²) in [5, 5.41) is 3.48. The Labute approximate surface area is 121 Å². The molecule has 0 heterocycles. The molecule has 1 aliphatic carbocycles. The maximum atomic E-state index is 11.1. The van der Waals surface area contributed by atoms with Crippen LogP contribution in [0.15, 0.2) is 18.2 Å². The van der Waals surface area contributed by atoms with Crippen molar-refractivity contribution in [1.82, 2.24) is 10.2 Å². The van der Waals surface area contributed by atoms with Crippen molar-refractivity contribution in [2.45, 2.75) is 39.3 Å². The van der Waals surface area contributed by atoms with Gasteiger partial charge in [-0.3, -0.25) is 9.69 Å². The smallest absolute Gasteiger partial charge is 0.248 e. The molecular formula is C16H25N3O. The standard InChI is InChI=1S/C16H25N3O/c1-3-19(15-6-7-15)9-8-18-11-14-5-4-13(16(17)20)10-12(14)2/h4-5,10,15,18H,3,6-9,11H2,1-2H3,(H2,17,20). The van der Waals surface area contributed by atoms with Crippen LogP contribution in [0.4, 0.5) is 0 Å². The zero-order valence-corrected chi connectivity index (χ0v) is 12.5. The highest BCUT2D eigenvalue weighted by Crippen LogP contribution is 2.25. The molecule has 4 heteroatoms. The number of aryl methyl sites for hydroxylation is 1. The molecule has 20 heavy (non-hydrogen) atoms. The maximum Gasteiger partial charge on any atom is 0.248 e. The number of likely N-dealkylation sites (N-methyl/N-ethyl adjacent to an activating group) is 1. The molecule has 0 aromatic heterocycles. The molecule has 2 rings (SSSR count). The van der Waals surface area contributed by atoms with Crippen LogP contribution in [0, 0.1) is 6.92 Å².